The average Bonchev–Trinajstić information content (AvgIpc) is 2.41. The van der Waals surface area contributed by atoms with Crippen LogP contribution >= 0.6 is 15.9 Å². The van der Waals surface area contributed by atoms with Crippen LogP contribution in [0.1, 0.15) is 44.3 Å². The highest BCUT2D eigenvalue weighted by Gasteiger charge is 2.25. The van der Waals surface area contributed by atoms with E-state index in [1.54, 1.807) is 0 Å². The Hall–Kier alpha value is -0.720. The van der Waals surface area contributed by atoms with Gasteiger partial charge in [0, 0.05) is 19.6 Å². The highest BCUT2D eigenvalue weighted by atomic mass is 79.9. The van der Waals surface area contributed by atoms with Crippen LogP contribution in [0.4, 0.5) is 5.82 Å². The smallest absolute Gasteiger partial charge is 0.161 e. The second-order valence-electron chi connectivity index (χ2n) is 5.44. The highest BCUT2D eigenvalue weighted by Crippen LogP contribution is 2.31. The molecule has 1 saturated heterocycles. The molecule has 0 aromatic carbocycles. The number of morpholine rings is 1. The minimum Gasteiger partial charge on any atom is -0.369 e. The summed E-state index contributed by atoms with van der Waals surface area (Å²) < 4.78 is 6.79. The van der Waals surface area contributed by atoms with Gasteiger partial charge in [0.05, 0.1) is 16.8 Å². The van der Waals surface area contributed by atoms with Crippen molar-refractivity contribution in [2.45, 2.75) is 32.8 Å². The Morgan fingerprint density at radius 1 is 1.45 bits per heavy atom. The topological polar surface area (TPSA) is 50.3 Å². The third-order valence-corrected chi connectivity index (χ3v) is 4.12. The Morgan fingerprint density at radius 2 is 2.20 bits per heavy atom. The molecule has 0 spiro atoms. The van der Waals surface area contributed by atoms with Crippen molar-refractivity contribution < 1.29 is 4.74 Å². The van der Waals surface area contributed by atoms with Gasteiger partial charge in [-0.2, -0.15) is 0 Å². The fourth-order valence-electron chi connectivity index (χ4n) is 2.23. The van der Waals surface area contributed by atoms with Gasteiger partial charge in [-0.3, -0.25) is 0 Å². The van der Waals surface area contributed by atoms with Gasteiger partial charge in [-0.05, 0) is 35.8 Å². The molecule has 0 radical (unpaired) electrons. The van der Waals surface area contributed by atoms with E-state index < -0.39 is 0 Å². The predicted molar refractivity (Wildman–Crippen MR) is 84.2 cm³/mol. The van der Waals surface area contributed by atoms with Crippen molar-refractivity contribution in [2.24, 2.45) is 0 Å². The molecule has 1 aromatic rings. The maximum atomic E-state index is 5.83. The normalized spacial score (nSPS) is 20.4. The van der Waals surface area contributed by atoms with Crippen LogP contribution in [0.25, 0.3) is 0 Å². The molecular formula is C14H23BrN4O. The highest BCUT2D eigenvalue weighted by molar-refractivity contribution is 9.10. The van der Waals surface area contributed by atoms with Crippen molar-refractivity contribution in [1.82, 2.24) is 14.9 Å². The number of likely N-dealkylation sites (N-methyl/N-ethyl adjacent to an activating group) is 1. The summed E-state index contributed by atoms with van der Waals surface area (Å²) in [5, 5.41) is 3.29. The molecule has 2 rings (SSSR count). The molecule has 6 heteroatoms. The van der Waals surface area contributed by atoms with E-state index in [1.807, 2.05) is 0 Å². The monoisotopic (exact) mass is 342 g/mol. The van der Waals surface area contributed by atoms with Crippen LogP contribution in [0.15, 0.2) is 4.47 Å². The van der Waals surface area contributed by atoms with E-state index in [1.165, 1.54) is 0 Å². The summed E-state index contributed by atoms with van der Waals surface area (Å²) in [6.45, 7) is 9.70. The first-order valence-electron chi connectivity index (χ1n) is 7.14. The van der Waals surface area contributed by atoms with Crippen molar-refractivity contribution in [3.8, 4) is 0 Å². The van der Waals surface area contributed by atoms with Crippen molar-refractivity contribution in [3.63, 3.8) is 0 Å². The third-order valence-electron chi connectivity index (χ3n) is 3.34. The van der Waals surface area contributed by atoms with Gasteiger partial charge in [0.2, 0.25) is 0 Å². The molecule has 20 heavy (non-hydrogen) atoms. The number of anilines is 1. The van der Waals surface area contributed by atoms with Crippen LogP contribution in [0.3, 0.4) is 0 Å². The summed E-state index contributed by atoms with van der Waals surface area (Å²) in [4.78, 5) is 11.6. The number of nitrogens with one attached hydrogen (secondary N) is 1. The molecule has 1 aliphatic heterocycles. The summed E-state index contributed by atoms with van der Waals surface area (Å²) >= 11 is 3.61. The number of rotatable bonds is 4. The number of halogens is 1. The van der Waals surface area contributed by atoms with Gasteiger partial charge in [0.1, 0.15) is 11.9 Å². The Kier molecular flexibility index (Phi) is 5.35. The maximum absolute atomic E-state index is 5.83. The van der Waals surface area contributed by atoms with Crippen molar-refractivity contribution in [2.75, 3.05) is 38.6 Å². The molecule has 1 atom stereocenters. The number of nitrogens with zero attached hydrogens (tertiary/aromatic N) is 3. The Balaban J connectivity index is 2.36. The van der Waals surface area contributed by atoms with Gasteiger partial charge >= 0.3 is 0 Å². The van der Waals surface area contributed by atoms with Gasteiger partial charge in [0.25, 0.3) is 0 Å². The fourth-order valence-corrected chi connectivity index (χ4v) is 3.00. The molecule has 0 saturated carbocycles. The third kappa shape index (κ3) is 3.48. The molecule has 1 fully saturated rings. The summed E-state index contributed by atoms with van der Waals surface area (Å²) in [5.74, 6) is 1.97. The van der Waals surface area contributed by atoms with E-state index in [4.69, 9.17) is 9.72 Å². The first-order valence-corrected chi connectivity index (χ1v) is 7.93. The average molecular weight is 343 g/mol. The van der Waals surface area contributed by atoms with Crippen LogP contribution in [0.5, 0.6) is 0 Å². The van der Waals surface area contributed by atoms with Crippen molar-refractivity contribution in [1.29, 1.82) is 0 Å². The van der Waals surface area contributed by atoms with Crippen LogP contribution in [-0.4, -0.2) is 48.2 Å². The van der Waals surface area contributed by atoms with E-state index >= 15 is 0 Å². The SMILES string of the molecule is CCNc1nc(C2CN(C)CCO2)nc(C(C)C)c1Br. The molecule has 1 aliphatic rings. The fraction of sp³-hybridized carbons (Fsp3) is 0.714. The lowest BCUT2D eigenvalue weighted by Crippen LogP contribution is -2.36. The lowest BCUT2D eigenvalue weighted by molar-refractivity contribution is -0.0255. The van der Waals surface area contributed by atoms with Crippen LogP contribution in [0, 0.1) is 0 Å². The standard InChI is InChI=1S/C14H23BrN4O/c1-5-16-14-11(15)12(9(2)3)17-13(18-14)10-8-19(4)6-7-20-10/h9-10H,5-8H2,1-4H3,(H,16,17,18). The molecule has 5 nitrogen and oxygen atoms in total. The lowest BCUT2D eigenvalue weighted by Gasteiger charge is -2.29. The van der Waals surface area contributed by atoms with Gasteiger partial charge in [-0.15, -0.1) is 0 Å². The molecule has 0 aliphatic carbocycles. The zero-order valence-corrected chi connectivity index (χ0v) is 14.2. The Morgan fingerprint density at radius 3 is 2.80 bits per heavy atom. The van der Waals surface area contributed by atoms with E-state index in [-0.39, 0.29) is 6.10 Å². The number of ether oxygens (including phenoxy) is 1. The van der Waals surface area contributed by atoms with E-state index in [2.05, 4.69) is 58.9 Å². The number of hydrogen-bond donors (Lipinski definition) is 1. The molecule has 0 amide bonds. The summed E-state index contributed by atoms with van der Waals surface area (Å²) in [5.41, 5.74) is 1.03. The van der Waals surface area contributed by atoms with Crippen molar-refractivity contribution in [3.05, 3.63) is 16.0 Å². The largest absolute Gasteiger partial charge is 0.369 e. The second kappa shape index (κ2) is 6.83. The first-order chi connectivity index (χ1) is 9.52. The molecule has 0 bridgehead atoms. The first kappa shape index (κ1) is 15.7. The van der Waals surface area contributed by atoms with Crippen molar-refractivity contribution >= 4 is 21.7 Å². The zero-order chi connectivity index (χ0) is 14.7. The number of hydrogen-bond acceptors (Lipinski definition) is 5. The van der Waals surface area contributed by atoms with E-state index in [9.17, 15) is 0 Å². The minimum absolute atomic E-state index is 0.0447. The maximum Gasteiger partial charge on any atom is 0.161 e. The van der Waals surface area contributed by atoms with Crippen LogP contribution < -0.4 is 5.32 Å². The van der Waals surface area contributed by atoms with E-state index in [0.29, 0.717) is 5.92 Å². The minimum atomic E-state index is -0.0447. The summed E-state index contributed by atoms with van der Waals surface area (Å²) in [6.07, 6.45) is -0.0447. The van der Waals surface area contributed by atoms with Gasteiger partial charge < -0.3 is 15.0 Å². The molecule has 1 unspecified atom stereocenters. The zero-order valence-electron chi connectivity index (χ0n) is 12.6. The quantitative estimate of drug-likeness (QED) is 0.911. The van der Waals surface area contributed by atoms with Gasteiger partial charge in [0.15, 0.2) is 5.82 Å². The van der Waals surface area contributed by atoms with Gasteiger partial charge in [-0.1, -0.05) is 13.8 Å². The van der Waals surface area contributed by atoms with E-state index in [0.717, 1.165) is 48.1 Å². The molecular weight excluding hydrogens is 320 g/mol. The summed E-state index contributed by atoms with van der Waals surface area (Å²) in [6, 6.07) is 0. The van der Waals surface area contributed by atoms with Crippen LogP contribution in [-0.2, 0) is 4.74 Å². The van der Waals surface area contributed by atoms with Crippen LogP contribution in [0.2, 0.25) is 0 Å². The lowest BCUT2D eigenvalue weighted by atomic mass is 10.1. The molecule has 112 valence electrons. The Labute approximate surface area is 129 Å². The van der Waals surface area contributed by atoms with Gasteiger partial charge in [-0.25, -0.2) is 9.97 Å². The number of aromatic nitrogens is 2. The summed E-state index contributed by atoms with van der Waals surface area (Å²) in [7, 11) is 2.10. The molecule has 2 heterocycles. The Bertz CT molecular complexity index is 467. The second-order valence-corrected chi connectivity index (χ2v) is 6.23. The predicted octanol–water partition coefficient (Wildman–Crippen LogP) is 2.80. The molecule has 1 N–H and O–H groups in total. The molecule has 1 aromatic heterocycles.